The number of oxazole rings is 1. The van der Waals surface area contributed by atoms with Crippen LogP contribution >= 0.6 is 22.6 Å². The summed E-state index contributed by atoms with van der Waals surface area (Å²) in [6, 6.07) is 0. The van der Waals surface area contributed by atoms with Crippen LogP contribution in [0.15, 0.2) is 38.6 Å². The fraction of sp³-hybridized carbons (Fsp3) is 0.700. The van der Waals surface area contributed by atoms with Crippen LogP contribution in [0.3, 0.4) is 0 Å². The molecule has 4 rings (SSSR count). The van der Waals surface area contributed by atoms with Crippen LogP contribution in [0, 0.1) is 17.8 Å². The van der Waals surface area contributed by atoms with E-state index < -0.39 is 6.29 Å². The van der Waals surface area contributed by atoms with Crippen molar-refractivity contribution in [2.75, 3.05) is 13.2 Å². The van der Waals surface area contributed by atoms with Gasteiger partial charge >= 0.3 is 0 Å². The van der Waals surface area contributed by atoms with Crippen LogP contribution in [0.1, 0.15) is 84.1 Å². The fourth-order valence-electron chi connectivity index (χ4n) is 5.93. The van der Waals surface area contributed by atoms with Crippen LogP contribution in [0.4, 0.5) is 0 Å². The molecule has 0 radical (unpaired) electrons. The highest BCUT2D eigenvalue weighted by atomic mass is 127. The Balaban J connectivity index is 1.30. The first-order chi connectivity index (χ1) is 18.3. The van der Waals surface area contributed by atoms with Crippen molar-refractivity contribution in [3.63, 3.8) is 0 Å². The molecular weight excluding hydrogens is 597 g/mol. The van der Waals surface area contributed by atoms with Gasteiger partial charge in [0.15, 0.2) is 0 Å². The van der Waals surface area contributed by atoms with Crippen molar-refractivity contribution in [1.29, 1.82) is 0 Å². The molecule has 0 amide bonds. The van der Waals surface area contributed by atoms with Gasteiger partial charge in [-0.3, -0.25) is 0 Å². The normalized spacial score (nSPS) is 37.2. The largest absolute Gasteiger partial charge is 0.445 e. The van der Waals surface area contributed by atoms with E-state index in [2.05, 4.69) is 72.0 Å². The number of aromatic nitrogens is 1. The van der Waals surface area contributed by atoms with E-state index in [1.54, 1.807) is 6.26 Å². The van der Waals surface area contributed by atoms with E-state index in [4.69, 9.17) is 23.4 Å². The molecule has 0 bridgehead atoms. The number of halogens is 1. The van der Waals surface area contributed by atoms with Gasteiger partial charge in [0.2, 0.25) is 12.2 Å². The Morgan fingerprint density at radius 3 is 2.66 bits per heavy atom. The minimum Gasteiger partial charge on any atom is -0.445 e. The Hall–Kier alpha value is -1.04. The summed E-state index contributed by atoms with van der Waals surface area (Å²) in [4.78, 5) is 4.62. The van der Waals surface area contributed by atoms with E-state index in [0.29, 0.717) is 42.4 Å². The number of aliphatic hydroxyl groups excluding tert-OH is 1. The van der Waals surface area contributed by atoms with Crippen LogP contribution in [-0.4, -0.2) is 53.8 Å². The van der Waals surface area contributed by atoms with Gasteiger partial charge in [0.1, 0.15) is 12.0 Å². The second-order valence-corrected chi connectivity index (χ2v) is 11.9. The molecule has 0 aliphatic carbocycles. The molecule has 3 saturated heterocycles. The van der Waals surface area contributed by atoms with Crippen molar-refractivity contribution in [1.82, 2.24) is 4.98 Å². The van der Waals surface area contributed by atoms with E-state index in [1.807, 2.05) is 6.08 Å². The Morgan fingerprint density at radius 1 is 1.11 bits per heavy atom. The molecule has 0 saturated carbocycles. The molecule has 9 atom stereocenters. The van der Waals surface area contributed by atoms with Gasteiger partial charge in [-0.1, -0.05) is 61.6 Å². The Labute approximate surface area is 241 Å². The van der Waals surface area contributed by atoms with Gasteiger partial charge in [-0.15, -0.1) is 0 Å². The number of hydrogen-bond donors (Lipinski definition) is 1. The summed E-state index contributed by atoms with van der Waals surface area (Å²) in [5.74, 6) is 2.09. The molecule has 1 aromatic rings. The van der Waals surface area contributed by atoms with Gasteiger partial charge in [0, 0.05) is 13.0 Å². The van der Waals surface area contributed by atoms with Gasteiger partial charge in [-0.25, -0.2) is 4.98 Å². The van der Waals surface area contributed by atoms with Crippen molar-refractivity contribution < 1.29 is 28.5 Å². The zero-order valence-corrected chi connectivity index (χ0v) is 25.3. The minimum atomic E-state index is -0.549. The molecule has 4 heterocycles. The first-order valence-corrected chi connectivity index (χ1v) is 15.3. The molecule has 0 aromatic carbocycles. The van der Waals surface area contributed by atoms with Gasteiger partial charge < -0.3 is 28.5 Å². The number of ether oxygens (including phenoxy) is 4. The molecule has 1 N–H and O–H groups in total. The summed E-state index contributed by atoms with van der Waals surface area (Å²) in [6.07, 6.45) is 10.2. The fourth-order valence-corrected chi connectivity index (χ4v) is 6.29. The van der Waals surface area contributed by atoms with Gasteiger partial charge in [0.25, 0.3) is 0 Å². The van der Waals surface area contributed by atoms with E-state index >= 15 is 0 Å². The van der Waals surface area contributed by atoms with Crippen LogP contribution in [-0.2, 0) is 18.9 Å². The number of hydrogen-bond acceptors (Lipinski definition) is 7. The Morgan fingerprint density at radius 2 is 1.89 bits per heavy atom. The third kappa shape index (κ3) is 7.57. The highest BCUT2D eigenvalue weighted by Crippen LogP contribution is 2.39. The summed E-state index contributed by atoms with van der Waals surface area (Å²) in [6.45, 7) is 14.0. The van der Waals surface area contributed by atoms with Gasteiger partial charge in [0.05, 0.1) is 37.1 Å². The molecule has 1 aromatic heterocycles. The van der Waals surface area contributed by atoms with Crippen LogP contribution < -0.4 is 0 Å². The molecule has 3 aliphatic heterocycles. The highest BCUT2D eigenvalue weighted by Gasteiger charge is 2.39. The van der Waals surface area contributed by atoms with Crippen LogP contribution in [0.2, 0.25) is 0 Å². The highest BCUT2D eigenvalue weighted by molar-refractivity contribution is 14.1. The summed E-state index contributed by atoms with van der Waals surface area (Å²) >= 11 is 2.31. The number of rotatable bonds is 9. The van der Waals surface area contributed by atoms with Crippen molar-refractivity contribution in [3.05, 3.63) is 45.7 Å². The topological polar surface area (TPSA) is 83.2 Å². The molecule has 3 aliphatic rings. The minimum absolute atomic E-state index is 0.0115. The third-order valence-electron chi connectivity index (χ3n) is 8.49. The summed E-state index contributed by atoms with van der Waals surface area (Å²) in [7, 11) is 0. The quantitative estimate of drug-likeness (QED) is 0.235. The summed E-state index contributed by atoms with van der Waals surface area (Å²) in [5, 5.41) is 9.29. The van der Waals surface area contributed by atoms with Gasteiger partial charge in [-0.2, -0.15) is 0 Å². The van der Waals surface area contributed by atoms with E-state index in [-0.39, 0.29) is 37.1 Å². The standard InChI is InChI=1S/C30H44INO6/c1-18-13-23(9-11-33)36-25(14-18)15-24-10-12-34-30(37-24)26-17-35-28(32-26)8-6-7-27-21(4)20(3)22(5)29(38-27)19(2)16-31/h6,8,16-17,20-25,27,29-30,33H,1,7,9-15H2,2-5H3/b8-6+,19-16+/t20-,21+,22+,23-,24-,25+,27+,29-,30-/m0/s1. The van der Waals surface area contributed by atoms with E-state index in [9.17, 15) is 5.11 Å². The van der Waals surface area contributed by atoms with Crippen molar-refractivity contribution in [2.45, 2.75) is 103 Å². The zero-order chi connectivity index (χ0) is 27.2. The number of nitrogens with zero attached hydrogens (tertiary/aromatic N) is 1. The first kappa shape index (κ1) is 29.9. The molecule has 8 heteroatoms. The monoisotopic (exact) mass is 641 g/mol. The maximum atomic E-state index is 9.29. The third-order valence-corrected chi connectivity index (χ3v) is 9.48. The molecule has 38 heavy (non-hydrogen) atoms. The van der Waals surface area contributed by atoms with Crippen molar-refractivity contribution >= 4 is 28.7 Å². The molecule has 7 nitrogen and oxygen atoms in total. The Kier molecular flexibility index (Phi) is 11.1. The zero-order valence-electron chi connectivity index (χ0n) is 23.2. The van der Waals surface area contributed by atoms with Crippen molar-refractivity contribution in [3.8, 4) is 0 Å². The number of aliphatic hydroxyl groups is 1. The predicted octanol–water partition coefficient (Wildman–Crippen LogP) is 6.77. The average Bonchev–Trinajstić information content (AvgIpc) is 3.37. The maximum absolute atomic E-state index is 9.29. The predicted molar refractivity (Wildman–Crippen MR) is 156 cm³/mol. The van der Waals surface area contributed by atoms with E-state index in [1.165, 1.54) is 11.1 Å². The molecular formula is C30H44INO6. The summed E-state index contributed by atoms with van der Waals surface area (Å²) < 4.78 is 32.7. The van der Waals surface area contributed by atoms with Gasteiger partial charge in [-0.05, 0) is 72.5 Å². The van der Waals surface area contributed by atoms with E-state index in [0.717, 1.165) is 32.1 Å². The molecule has 0 spiro atoms. The van der Waals surface area contributed by atoms with Crippen molar-refractivity contribution in [2.24, 2.45) is 17.8 Å². The summed E-state index contributed by atoms with van der Waals surface area (Å²) in [5.41, 5.74) is 3.12. The molecule has 212 valence electrons. The lowest BCUT2D eigenvalue weighted by molar-refractivity contribution is -0.227. The lowest BCUT2D eigenvalue weighted by Gasteiger charge is -2.44. The smallest absolute Gasteiger partial charge is 0.218 e. The average molecular weight is 642 g/mol. The second-order valence-electron chi connectivity index (χ2n) is 11.3. The molecule has 0 unspecified atom stereocenters. The lowest BCUT2D eigenvalue weighted by atomic mass is 9.74. The van der Waals surface area contributed by atoms with Crippen LogP contribution in [0.25, 0.3) is 6.08 Å². The first-order valence-electron chi connectivity index (χ1n) is 14.0. The van der Waals surface area contributed by atoms with Crippen LogP contribution in [0.5, 0.6) is 0 Å². The molecule has 3 fully saturated rings. The SMILES string of the molecule is C=C1C[C@H](C[C@@H]2CCO[C@H](c3coc(/C=C/C[C@H]4O[C@@H](/C(C)=C/I)[C@H](C)[C@@H](C)[C@H]4C)n3)O2)O[C@@H](CCO)C1. The Bertz CT molecular complexity index is 976. The maximum Gasteiger partial charge on any atom is 0.218 e. The second kappa shape index (κ2) is 14.0. The lowest BCUT2D eigenvalue weighted by Crippen LogP contribution is -2.44.